The average Bonchev–Trinajstić information content (AvgIpc) is 3.18. The van der Waals surface area contributed by atoms with Gasteiger partial charge in [-0.3, -0.25) is 10.1 Å². The van der Waals surface area contributed by atoms with Crippen LogP contribution in [0.4, 0.5) is 11.4 Å². The van der Waals surface area contributed by atoms with Gasteiger partial charge in [0.25, 0.3) is 5.69 Å². The zero-order valence-corrected chi connectivity index (χ0v) is 15.4. The number of fused-ring (bicyclic) bond motifs is 3. The molecule has 0 fully saturated rings. The highest BCUT2D eigenvalue weighted by Crippen LogP contribution is 2.50. The van der Waals surface area contributed by atoms with Crippen LogP contribution in [-0.2, 0) is 0 Å². The Morgan fingerprint density at radius 2 is 2.04 bits per heavy atom. The summed E-state index contributed by atoms with van der Waals surface area (Å²) in [5.74, 6) is 1.68. The summed E-state index contributed by atoms with van der Waals surface area (Å²) >= 11 is 0. The molecule has 2 aromatic carbocycles. The van der Waals surface area contributed by atoms with Crippen molar-refractivity contribution in [1.82, 2.24) is 0 Å². The first-order chi connectivity index (χ1) is 13.2. The fourth-order valence-electron chi connectivity index (χ4n) is 4.13. The number of ether oxygens (including phenoxy) is 1. The summed E-state index contributed by atoms with van der Waals surface area (Å²) in [7, 11) is 0. The number of benzene rings is 2. The Bertz CT molecular complexity index is 860. The first-order valence-corrected chi connectivity index (χ1v) is 9.61. The lowest BCUT2D eigenvalue weighted by atomic mass is 9.77. The van der Waals surface area contributed by atoms with Crippen molar-refractivity contribution in [2.24, 2.45) is 5.92 Å². The van der Waals surface area contributed by atoms with Crippen molar-refractivity contribution in [3.8, 4) is 5.75 Å². The molecule has 0 aromatic heterocycles. The summed E-state index contributed by atoms with van der Waals surface area (Å²) in [6.07, 6.45) is 7.72. The lowest BCUT2D eigenvalue weighted by molar-refractivity contribution is -0.384. The number of anilines is 1. The molecule has 5 nitrogen and oxygen atoms in total. The maximum atomic E-state index is 10.9. The summed E-state index contributed by atoms with van der Waals surface area (Å²) in [5.41, 5.74) is 3.62. The molecule has 0 spiro atoms. The van der Waals surface area contributed by atoms with Crippen molar-refractivity contribution in [2.45, 2.75) is 38.1 Å². The van der Waals surface area contributed by atoms with E-state index in [4.69, 9.17) is 4.74 Å². The normalized spacial score (nSPS) is 22.6. The van der Waals surface area contributed by atoms with Crippen molar-refractivity contribution in [3.05, 3.63) is 75.9 Å². The Kier molecular flexibility index (Phi) is 4.84. The van der Waals surface area contributed by atoms with E-state index >= 15 is 0 Å². The number of rotatable bonds is 6. The quantitative estimate of drug-likeness (QED) is 0.314. The molecule has 27 heavy (non-hydrogen) atoms. The predicted molar refractivity (Wildman–Crippen MR) is 106 cm³/mol. The average molecular weight is 364 g/mol. The van der Waals surface area contributed by atoms with E-state index in [-0.39, 0.29) is 16.7 Å². The Hall–Kier alpha value is -2.82. The number of nitro benzene ring substituents is 1. The second kappa shape index (κ2) is 7.43. The first-order valence-electron chi connectivity index (χ1n) is 9.61. The summed E-state index contributed by atoms with van der Waals surface area (Å²) in [6.45, 7) is 2.91. The number of non-ortho nitro benzene ring substituents is 1. The standard InChI is InChI=1S/C22H24N2O3/c1-2-3-13-27-17-11-12-21-20(14-17)18-5-4-6-19(18)22(23-21)15-7-9-16(10-8-15)24(25)26/h4-5,7-12,14,18-19,22-23H,2-3,6,13H2,1H3. The highest BCUT2D eigenvalue weighted by Gasteiger charge is 2.38. The molecule has 0 saturated carbocycles. The van der Waals surface area contributed by atoms with Gasteiger partial charge in [0.15, 0.2) is 0 Å². The molecule has 1 aliphatic heterocycles. The molecule has 0 radical (unpaired) electrons. The number of allylic oxidation sites excluding steroid dienone is 2. The first kappa shape index (κ1) is 17.6. The van der Waals surface area contributed by atoms with E-state index in [1.807, 2.05) is 18.2 Å². The second-order valence-corrected chi connectivity index (χ2v) is 7.28. The van der Waals surface area contributed by atoms with Crippen molar-refractivity contribution < 1.29 is 9.66 Å². The van der Waals surface area contributed by atoms with E-state index in [0.29, 0.717) is 11.8 Å². The molecule has 0 saturated heterocycles. The maximum absolute atomic E-state index is 10.9. The third-order valence-electron chi connectivity index (χ3n) is 5.56. The fraction of sp³-hybridized carbons (Fsp3) is 0.364. The van der Waals surface area contributed by atoms with Gasteiger partial charge in [-0.25, -0.2) is 0 Å². The number of hydrogen-bond donors (Lipinski definition) is 1. The predicted octanol–water partition coefficient (Wildman–Crippen LogP) is 5.60. The van der Waals surface area contributed by atoms with E-state index in [2.05, 4.69) is 36.5 Å². The Labute approximate surface area is 159 Å². The van der Waals surface area contributed by atoms with Crippen molar-refractivity contribution in [2.75, 3.05) is 11.9 Å². The van der Waals surface area contributed by atoms with E-state index < -0.39 is 0 Å². The molecule has 140 valence electrons. The van der Waals surface area contributed by atoms with Gasteiger partial charge in [0.1, 0.15) is 5.75 Å². The smallest absolute Gasteiger partial charge is 0.269 e. The Morgan fingerprint density at radius 3 is 2.78 bits per heavy atom. The molecule has 2 aromatic rings. The van der Waals surface area contributed by atoms with Crippen LogP contribution in [-0.4, -0.2) is 11.5 Å². The van der Waals surface area contributed by atoms with Crippen LogP contribution >= 0.6 is 0 Å². The van der Waals surface area contributed by atoms with Gasteiger partial charge in [0, 0.05) is 23.7 Å². The maximum Gasteiger partial charge on any atom is 0.269 e. The Morgan fingerprint density at radius 1 is 1.22 bits per heavy atom. The number of hydrogen-bond acceptors (Lipinski definition) is 4. The van der Waals surface area contributed by atoms with Crippen LogP contribution < -0.4 is 10.1 Å². The monoisotopic (exact) mass is 364 g/mol. The number of nitrogens with one attached hydrogen (secondary N) is 1. The second-order valence-electron chi connectivity index (χ2n) is 7.28. The molecular formula is C22H24N2O3. The minimum absolute atomic E-state index is 0.130. The van der Waals surface area contributed by atoms with Crippen LogP contribution in [0.25, 0.3) is 0 Å². The van der Waals surface area contributed by atoms with Gasteiger partial charge in [-0.2, -0.15) is 0 Å². The number of unbranched alkanes of at least 4 members (excludes halogenated alkanes) is 1. The van der Waals surface area contributed by atoms with E-state index in [0.717, 1.165) is 42.9 Å². The zero-order valence-electron chi connectivity index (χ0n) is 15.4. The largest absolute Gasteiger partial charge is 0.494 e. The molecule has 1 heterocycles. The minimum Gasteiger partial charge on any atom is -0.494 e. The van der Waals surface area contributed by atoms with Crippen molar-refractivity contribution in [3.63, 3.8) is 0 Å². The molecule has 3 unspecified atom stereocenters. The van der Waals surface area contributed by atoms with Crippen LogP contribution in [0.3, 0.4) is 0 Å². The summed E-state index contributed by atoms with van der Waals surface area (Å²) in [5, 5.41) is 14.6. The van der Waals surface area contributed by atoms with Gasteiger partial charge in [-0.15, -0.1) is 0 Å². The van der Waals surface area contributed by atoms with Gasteiger partial charge >= 0.3 is 0 Å². The molecule has 4 rings (SSSR count). The third kappa shape index (κ3) is 3.42. The summed E-state index contributed by atoms with van der Waals surface area (Å²) in [4.78, 5) is 10.6. The van der Waals surface area contributed by atoms with Gasteiger partial charge in [-0.1, -0.05) is 37.6 Å². The molecule has 2 aliphatic rings. The van der Waals surface area contributed by atoms with Gasteiger partial charge < -0.3 is 10.1 Å². The van der Waals surface area contributed by atoms with Gasteiger partial charge in [-0.05, 0) is 48.1 Å². The molecule has 1 N–H and O–H groups in total. The van der Waals surface area contributed by atoms with Crippen molar-refractivity contribution >= 4 is 11.4 Å². The van der Waals surface area contributed by atoms with Crippen LogP contribution in [0, 0.1) is 16.0 Å². The highest BCUT2D eigenvalue weighted by molar-refractivity contribution is 5.61. The minimum atomic E-state index is -0.354. The van der Waals surface area contributed by atoms with Gasteiger partial charge in [0.2, 0.25) is 0 Å². The molecule has 3 atom stereocenters. The van der Waals surface area contributed by atoms with Gasteiger partial charge in [0.05, 0.1) is 17.6 Å². The van der Waals surface area contributed by atoms with Crippen LogP contribution in [0.15, 0.2) is 54.6 Å². The number of nitrogens with zero attached hydrogens (tertiary/aromatic N) is 1. The zero-order chi connectivity index (χ0) is 18.8. The molecule has 0 bridgehead atoms. The summed E-state index contributed by atoms with van der Waals surface area (Å²) in [6, 6.07) is 13.4. The van der Waals surface area contributed by atoms with E-state index in [1.54, 1.807) is 12.1 Å². The molecule has 0 amide bonds. The third-order valence-corrected chi connectivity index (χ3v) is 5.56. The van der Waals surface area contributed by atoms with Crippen LogP contribution in [0.1, 0.15) is 49.3 Å². The van der Waals surface area contributed by atoms with Crippen LogP contribution in [0.2, 0.25) is 0 Å². The molecule has 1 aliphatic carbocycles. The van der Waals surface area contributed by atoms with Crippen LogP contribution in [0.5, 0.6) is 5.75 Å². The highest BCUT2D eigenvalue weighted by atomic mass is 16.6. The number of nitro groups is 1. The topological polar surface area (TPSA) is 64.4 Å². The van der Waals surface area contributed by atoms with E-state index in [1.165, 1.54) is 5.56 Å². The molecular weight excluding hydrogens is 340 g/mol. The SMILES string of the molecule is CCCCOc1ccc2c(c1)C1C=CCC1C(c1ccc([N+](=O)[O-])cc1)N2. The fourth-order valence-corrected chi connectivity index (χ4v) is 4.13. The Balaban J connectivity index is 1.61. The lowest BCUT2D eigenvalue weighted by Gasteiger charge is -2.37. The van der Waals surface area contributed by atoms with E-state index in [9.17, 15) is 10.1 Å². The van der Waals surface area contributed by atoms with Crippen molar-refractivity contribution in [1.29, 1.82) is 0 Å². The molecule has 5 heteroatoms. The summed E-state index contributed by atoms with van der Waals surface area (Å²) < 4.78 is 5.89. The lowest BCUT2D eigenvalue weighted by Crippen LogP contribution is -2.29.